The van der Waals surface area contributed by atoms with Crippen LogP contribution in [0.25, 0.3) is 0 Å². The van der Waals surface area contributed by atoms with E-state index in [4.69, 9.17) is 15.9 Å². The minimum Gasteiger partial charge on any atom is -0.478 e. The zero-order valence-electron chi connectivity index (χ0n) is 11.3. The Morgan fingerprint density at radius 1 is 0.833 bits per heavy atom. The highest BCUT2D eigenvalue weighted by atomic mass is 16.4. The first-order valence-electron chi connectivity index (χ1n) is 5.64. The Labute approximate surface area is 106 Å². The molecule has 4 N–H and O–H groups in total. The molecule has 0 atom stereocenters. The molecule has 1 aromatic rings. The molecule has 0 fully saturated rings. The van der Waals surface area contributed by atoms with E-state index in [1.54, 1.807) is 13.8 Å². The second-order valence-corrected chi connectivity index (χ2v) is 3.65. The summed E-state index contributed by atoms with van der Waals surface area (Å²) in [5.41, 5.74) is 6.93. The zero-order chi connectivity index (χ0) is 14.6. The van der Waals surface area contributed by atoms with Crippen LogP contribution in [0.2, 0.25) is 0 Å². The van der Waals surface area contributed by atoms with E-state index in [0.29, 0.717) is 11.1 Å². The highest BCUT2D eigenvalue weighted by Crippen LogP contribution is 2.28. The number of benzene rings is 1. The number of hydrogen-bond acceptors (Lipinski definition) is 3. The van der Waals surface area contributed by atoms with E-state index in [0.717, 1.165) is 0 Å². The molecule has 0 aromatic heterocycles. The van der Waals surface area contributed by atoms with Gasteiger partial charge in [0.1, 0.15) is 0 Å². The Hall–Kier alpha value is -2.04. The first-order chi connectivity index (χ1) is 8.29. The molecule has 0 heterocycles. The lowest BCUT2D eigenvalue weighted by Gasteiger charge is -2.15. The Balaban J connectivity index is 0.00000137. The van der Waals surface area contributed by atoms with E-state index in [1.807, 2.05) is 13.8 Å². The fraction of sp³-hybridized carbons (Fsp3) is 0.385. The summed E-state index contributed by atoms with van der Waals surface area (Å²) in [4.78, 5) is 22.1. The largest absolute Gasteiger partial charge is 0.478 e. The molecule has 0 bridgehead atoms. The number of aromatic carboxylic acids is 2. The maximum Gasteiger partial charge on any atom is 0.336 e. The molecule has 5 nitrogen and oxygen atoms in total. The Morgan fingerprint density at radius 3 is 1.33 bits per heavy atom. The lowest BCUT2D eigenvalue weighted by molar-refractivity contribution is 0.0695. The van der Waals surface area contributed by atoms with Gasteiger partial charge in [-0.25, -0.2) is 9.59 Å². The van der Waals surface area contributed by atoms with Crippen molar-refractivity contribution >= 4 is 17.6 Å². The molecule has 0 amide bonds. The van der Waals surface area contributed by atoms with Gasteiger partial charge in [0.25, 0.3) is 0 Å². The van der Waals surface area contributed by atoms with Gasteiger partial charge in [-0.15, -0.1) is 0 Å². The summed E-state index contributed by atoms with van der Waals surface area (Å²) in [5, 5.41) is 18.0. The SMILES string of the molecule is CC.Cc1c(N)c(C)c(C(=O)O)c(C)c1C(=O)O. The van der Waals surface area contributed by atoms with E-state index >= 15 is 0 Å². The summed E-state index contributed by atoms with van der Waals surface area (Å²) in [7, 11) is 0. The lowest BCUT2D eigenvalue weighted by Crippen LogP contribution is -2.14. The molecule has 0 radical (unpaired) electrons. The van der Waals surface area contributed by atoms with Crippen molar-refractivity contribution in [3.8, 4) is 0 Å². The van der Waals surface area contributed by atoms with E-state index < -0.39 is 11.9 Å². The Bertz CT molecular complexity index is 451. The number of hydrogen-bond donors (Lipinski definition) is 3. The van der Waals surface area contributed by atoms with Gasteiger partial charge < -0.3 is 15.9 Å². The van der Waals surface area contributed by atoms with Crippen LogP contribution in [0.15, 0.2) is 0 Å². The van der Waals surface area contributed by atoms with Gasteiger partial charge in [-0.2, -0.15) is 0 Å². The van der Waals surface area contributed by atoms with Crippen molar-refractivity contribution in [2.75, 3.05) is 5.73 Å². The van der Waals surface area contributed by atoms with Crippen molar-refractivity contribution < 1.29 is 19.8 Å². The molecule has 100 valence electrons. The average molecular weight is 253 g/mol. The fourth-order valence-corrected chi connectivity index (χ4v) is 1.88. The maximum atomic E-state index is 11.0. The summed E-state index contributed by atoms with van der Waals surface area (Å²) in [6.07, 6.45) is 0. The molecule has 0 aliphatic rings. The zero-order valence-corrected chi connectivity index (χ0v) is 11.3. The first kappa shape index (κ1) is 16.0. The molecule has 0 saturated carbocycles. The highest BCUT2D eigenvalue weighted by Gasteiger charge is 2.23. The van der Waals surface area contributed by atoms with Gasteiger partial charge >= 0.3 is 11.9 Å². The van der Waals surface area contributed by atoms with Gasteiger partial charge in [-0.3, -0.25) is 0 Å². The highest BCUT2D eigenvalue weighted by molar-refractivity contribution is 6.01. The number of carbonyl (C=O) groups is 2. The van der Waals surface area contributed by atoms with Crippen molar-refractivity contribution in [3.05, 3.63) is 27.8 Å². The number of carboxylic acid groups (broad SMARTS) is 2. The van der Waals surface area contributed by atoms with Crippen LogP contribution in [0.1, 0.15) is 51.3 Å². The molecule has 1 aromatic carbocycles. The smallest absolute Gasteiger partial charge is 0.336 e. The maximum absolute atomic E-state index is 11.0. The standard InChI is InChI=1S/C11H13NO4.C2H6/c1-4-7(10(13)14)5(2)9(12)6(3)8(4)11(15)16;1-2/h12H2,1-3H3,(H,13,14)(H,15,16);1-2H3. The molecule has 1 rings (SSSR count). The molecular formula is C13H19NO4. The predicted octanol–water partition coefficient (Wildman–Crippen LogP) is 2.62. The molecule has 18 heavy (non-hydrogen) atoms. The fourth-order valence-electron chi connectivity index (χ4n) is 1.88. The van der Waals surface area contributed by atoms with Crippen LogP contribution in [0.3, 0.4) is 0 Å². The quantitative estimate of drug-likeness (QED) is 0.703. The lowest BCUT2D eigenvalue weighted by atomic mass is 9.91. The van der Waals surface area contributed by atoms with E-state index in [1.165, 1.54) is 6.92 Å². The minimum absolute atomic E-state index is 0.0273. The van der Waals surface area contributed by atoms with Gasteiger partial charge in [0.2, 0.25) is 0 Å². The normalized spacial score (nSPS) is 9.39. The van der Waals surface area contributed by atoms with Crippen LogP contribution in [0.5, 0.6) is 0 Å². The van der Waals surface area contributed by atoms with Crippen molar-refractivity contribution in [2.24, 2.45) is 0 Å². The summed E-state index contributed by atoms with van der Waals surface area (Å²) in [5.74, 6) is -2.33. The molecule has 0 spiro atoms. The Kier molecular flexibility index (Phi) is 5.36. The van der Waals surface area contributed by atoms with Crippen LogP contribution in [0.4, 0.5) is 5.69 Å². The van der Waals surface area contributed by atoms with Crippen LogP contribution in [-0.4, -0.2) is 22.2 Å². The van der Waals surface area contributed by atoms with Crippen LogP contribution in [-0.2, 0) is 0 Å². The van der Waals surface area contributed by atoms with Crippen LogP contribution in [0, 0.1) is 20.8 Å². The third-order valence-corrected chi connectivity index (χ3v) is 2.74. The number of carboxylic acids is 2. The topological polar surface area (TPSA) is 101 Å². The summed E-state index contributed by atoms with van der Waals surface area (Å²) < 4.78 is 0. The summed E-state index contributed by atoms with van der Waals surface area (Å²) >= 11 is 0. The average Bonchev–Trinajstić information content (AvgIpc) is 2.28. The number of nitrogens with two attached hydrogens (primary N) is 1. The second-order valence-electron chi connectivity index (χ2n) is 3.65. The molecule has 0 saturated heterocycles. The van der Waals surface area contributed by atoms with Gasteiger partial charge in [0, 0.05) is 5.69 Å². The second kappa shape index (κ2) is 6.05. The van der Waals surface area contributed by atoms with Crippen molar-refractivity contribution in [1.29, 1.82) is 0 Å². The van der Waals surface area contributed by atoms with Crippen molar-refractivity contribution in [2.45, 2.75) is 34.6 Å². The van der Waals surface area contributed by atoms with Gasteiger partial charge in [-0.1, -0.05) is 13.8 Å². The Morgan fingerprint density at radius 2 is 1.11 bits per heavy atom. The number of nitrogen functional groups attached to an aromatic ring is 1. The monoisotopic (exact) mass is 253 g/mol. The first-order valence-corrected chi connectivity index (χ1v) is 5.64. The molecule has 5 heteroatoms. The third kappa shape index (κ3) is 2.61. The summed E-state index contributed by atoms with van der Waals surface area (Å²) in [6.45, 7) is 8.63. The van der Waals surface area contributed by atoms with Crippen molar-refractivity contribution in [3.63, 3.8) is 0 Å². The summed E-state index contributed by atoms with van der Waals surface area (Å²) in [6, 6.07) is 0. The van der Waals surface area contributed by atoms with Crippen molar-refractivity contribution in [1.82, 2.24) is 0 Å². The van der Waals surface area contributed by atoms with Crippen LogP contribution < -0.4 is 5.73 Å². The number of anilines is 1. The molecular weight excluding hydrogens is 234 g/mol. The third-order valence-electron chi connectivity index (χ3n) is 2.74. The van der Waals surface area contributed by atoms with E-state index in [2.05, 4.69) is 0 Å². The van der Waals surface area contributed by atoms with Gasteiger partial charge in [-0.05, 0) is 37.5 Å². The minimum atomic E-state index is -1.16. The molecule has 0 aliphatic carbocycles. The van der Waals surface area contributed by atoms with E-state index in [-0.39, 0.29) is 22.4 Å². The van der Waals surface area contributed by atoms with Gasteiger partial charge in [0.15, 0.2) is 0 Å². The predicted molar refractivity (Wildman–Crippen MR) is 70.3 cm³/mol. The number of rotatable bonds is 2. The van der Waals surface area contributed by atoms with E-state index in [9.17, 15) is 9.59 Å². The van der Waals surface area contributed by atoms with Crippen LogP contribution >= 0.6 is 0 Å². The van der Waals surface area contributed by atoms with Gasteiger partial charge in [0.05, 0.1) is 11.1 Å². The molecule has 0 aliphatic heterocycles. The molecule has 0 unspecified atom stereocenters.